The molecule has 1 amide bonds. The molecule has 0 spiro atoms. The van der Waals surface area contributed by atoms with Gasteiger partial charge in [-0.15, -0.1) is 0 Å². The number of amides is 1. The van der Waals surface area contributed by atoms with E-state index in [1.165, 1.54) is 12.1 Å². The van der Waals surface area contributed by atoms with Crippen molar-refractivity contribution in [1.29, 1.82) is 0 Å². The van der Waals surface area contributed by atoms with Crippen LogP contribution in [0.2, 0.25) is 0 Å². The molecule has 1 unspecified atom stereocenters. The molecule has 0 aliphatic carbocycles. The topological polar surface area (TPSA) is 104 Å². The number of carboxylic acids is 1. The normalized spacial score (nSPS) is 20.0. The number of hydrogen-bond acceptors (Lipinski definition) is 4. The predicted molar refractivity (Wildman–Crippen MR) is 77.1 cm³/mol. The molecular weight excluding hydrogens is 364 g/mol. The highest BCUT2D eigenvalue weighted by Crippen LogP contribution is 2.23. The number of rotatable bonds is 4. The number of carbonyl (C=O) groups excluding carboxylic acids is 1. The number of halogens is 1. The fourth-order valence-corrected chi connectivity index (χ4v) is 4.29. The van der Waals surface area contributed by atoms with Crippen LogP contribution in [0, 0.1) is 0 Å². The number of carboxylic acid groups (broad SMARTS) is 1. The summed E-state index contributed by atoms with van der Waals surface area (Å²) in [5.41, 5.74) is 0. The highest BCUT2D eigenvalue weighted by molar-refractivity contribution is 9.10. The summed E-state index contributed by atoms with van der Waals surface area (Å²) in [6.07, 6.45) is -0.570. The Bertz CT molecular complexity index is 676. The molecule has 2 N–H and O–H groups in total. The monoisotopic (exact) mass is 376 g/mol. The Morgan fingerprint density at radius 2 is 2.19 bits per heavy atom. The van der Waals surface area contributed by atoms with E-state index in [1.54, 1.807) is 12.1 Å². The fraction of sp³-hybridized carbons (Fsp3) is 0.333. The Balaban J connectivity index is 2.40. The summed E-state index contributed by atoms with van der Waals surface area (Å²) in [5.74, 6) is -1.83. The van der Waals surface area contributed by atoms with Crippen molar-refractivity contribution in [3.63, 3.8) is 0 Å². The minimum Gasteiger partial charge on any atom is -0.481 e. The molecule has 0 saturated carbocycles. The van der Waals surface area contributed by atoms with Crippen molar-refractivity contribution in [3.05, 3.63) is 28.7 Å². The summed E-state index contributed by atoms with van der Waals surface area (Å²) >= 11 is 3.19. The summed E-state index contributed by atoms with van der Waals surface area (Å²) in [4.78, 5) is 22.7. The molecule has 21 heavy (non-hydrogen) atoms. The van der Waals surface area contributed by atoms with Crippen molar-refractivity contribution in [3.8, 4) is 0 Å². The zero-order valence-corrected chi connectivity index (χ0v) is 13.2. The van der Waals surface area contributed by atoms with E-state index in [-0.39, 0.29) is 18.0 Å². The average Bonchev–Trinajstić information content (AvgIpc) is 2.40. The second kappa shape index (κ2) is 6.12. The number of hydrogen-bond donors (Lipinski definition) is 2. The Morgan fingerprint density at radius 3 is 2.81 bits per heavy atom. The van der Waals surface area contributed by atoms with Gasteiger partial charge in [0.25, 0.3) is 0 Å². The molecule has 0 radical (unpaired) electrons. The molecule has 1 aliphatic heterocycles. The van der Waals surface area contributed by atoms with E-state index in [2.05, 4.69) is 21.2 Å². The third kappa shape index (κ3) is 3.42. The van der Waals surface area contributed by atoms with Gasteiger partial charge in [0.2, 0.25) is 15.9 Å². The van der Waals surface area contributed by atoms with Crippen molar-refractivity contribution < 1.29 is 23.1 Å². The highest BCUT2D eigenvalue weighted by Gasteiger charge is 2.39. The van der Waals surface area contributed by atoms with Gasteiger partial charge >= 0.3 is 5.97 Å². The molecule has 1 atom stereocenters. The van der Waals surface area contributed by atoms with Crippen LogP contribution in [-0.4, -0.2) is 48.8 Å². The number of aliphatic carboxylic acids is 1. The van der Waals surface area contributed by atoms with E-state index in [0.717, 1.165) is 4.31 Å². The quantitative estimate of drug-likeness (QED) is 0.791. The summed E-state index contributed by atoms with van der Waals surface area (Å²) in [7, 11) is -3.93. The maximum atomic E-state index is 12.6. The molecule has 0 bridgehead atoms. The molecule has 1 aromatic carbocycles. The third-order valence-electron chi connectivity index (χ3n) is 3.05. The van der Waals surface area contributed by atoms with Gasteiger partial charge in [-0.2, -0.15) is 4.31 Å². The molecule has 1 saturated heterocycles. The predicted octanol–water partition coefficient (Wildman–Crippen LogP) is 0.413. The molecule has 0 aromatic heterocycles. The standard InChI is InChI=1S/C12H13BrN2O5S/c13-8-2-1-3-9(6-8)21(19,20)15-5-4-14-12(18)10(15)7-11(16)17/h1-3,6,10H,4-5,7H2,(H,14,18)(H,16,17). The van der Waals surface area contributed by atoms with Crippen LogP contribution in [0.5, 0.6) is 0 Å². The van der Waals surface area contributed by atoms with Gasteiger partial charge in [0.1, 0.15) is 6.04 Å². The lowest BCUT2D eigenvalue weighted by atomic mass is 10.1. The Labute approximate surface area is 130 Å². The van der Waals surface area contributed by atoms with Gasteiger partial charge in [0, 0.05) is 17.6 Å². The maximum absolute atomic E-state index is 12.6. The van der Waals surface area contributed by atoms with Crippen LogP contribution in [-0.2, 0) is 19.6 Å². The van der Waals surface area contributed by atoms with Gasteiger partial charge in [0.05, 0.1) is 11.3 Å². The van der Waals surface area contributed by atoms with Crippen molar-refractivity contribution in [1.82, 2.24) is 9.62 Å². The lowest BCUT2D eigenvalue weighted by molar-refractivity contribution is -0.141. The molecule has 1 heterocycles. The van der Waals surface area contributed by atoms with Crippen LogP contribution in [0.15, 0.2) is 33.6 Å². The second-order valence-corrected chi connectivity index (χ2v) is 7.28. The van der Waals surface area contributed by atoms with E-state index in [0.29, 0.717) is 4.47 Å². The summed E-state index contributed by atoms with van der Waals surface area (Å²) in [6, 6.07) is 4.83. The van der Waals surface area contributed by atoms with Gasteiger partial charge < -0.3 is 10.4 Å². The smallest absolute Gasteiger partial charge is 0.305 e. The summed E-state index contributed by atoms with van der Waals surface area (Å²) < 4.78 is 26.7. The van der Waals surface area contributed by atoms with Crippen LogP contribution in [0.1, 0.15) is 6.42 Å². The molecule has 9 heteroatoms. The average molecular weight is 377 g/mol. The van der Waals surface area contributed by atoms with E-state index >= 15 is 0 Å². The van der Waals surface area contributed by atoms with Crippen molar-refractivity contribution in [2.75, 3.05) is 13.1 Å². The number of sulfonamides is 1. The molecule has 7 nitrogen and oxygen atoms in total. The van der Waals surface area contributed by atoms with Gasteiger partial charge in [-0.25, -0.2) is 8.42 Å². The highest BCUT2D eigenvalue weighted by atomic mass is 79.9. The number of nitrogens with one attached hydrogen (secondary N) is 1. The zero-order valence-electron chi connectivity index (χ0n) is 10.8. The van der Waals surface area contributed by atoms with E-state index in [9.17, 15) is 18.0 Å². The Hall–Kier alpha value is -1.45. The van der Waals surface area contributed by atoms with E-state index in [4.69, 9.17) is 5.11 Å². The van der Waals surface area contributed by atoms with Crippen LogP contribution in [0.25, 0.3) is 0 Å². The first-order valence-electron chi connectivity index (χ1n) is 6.09. The fourth-order valence-electron chi connectivity index (χ4n) is 2.10. The van der Waals surface area contributed by atoms with Crippen molar-refractivity contribution >= 4 is 37.8 Å². The summed E-state index contributed by atoms with van der Waals surface area (Å²) in [6.45, 7) is 0.195. The number of carbonyl (C=O) groups is 2. The minimum absolute atomic E-state index is 0.0157. The Kier molecular flexibility index (Phi) is 4.64. The van der Waals surface area contributed by atoms with Crippen LogP contribution in [0.3, 0.4) is 0 Å². The minimum atomic E-state index is -3.93. The number of piperazine rings is 1. The lowest BCUT2D eigenvalue weighted by Crippen LogP contribution is -2.57. The zero-order chi connectivity index (χ0) is 15.6. The SMILES string of the molecule is O=C(O)CC1C(=O)NCCN1S(=O)(=O)c1cccc(Br)c1. The second-order valence-electron chi connectivity index (χ2n) is 4.48. The van der Waals surface area contributed by atoms with Crippen LogP contribution in [0.4, 0.5) is 0 Å². The first-order chi connectivity index (χ1) is 9.82. The van der Waals surface area contributed by atoms with E-state index < -0.39 is 34.4 Å². The molecule has 1 aliphatic rings. The Morgan fingerprint density at radius 1 is 1.48 bits per heavy atom. The van der Waals surface area contributed by atoms with Crippen molar-refractivity contribution in [2.24, 2.45) is 0 Å². The van der Waals surface area contributed by atoms with Gasteiger partial charge in [-0.05, 0) is 18.2 Å². The first-order valence-corrected chi connectivity index (χ1v) is 8.32. The molecule has 1 aromatic rings. The lowest BCUT2D eigenvalue weighted by Gasteiger charge is -2.33. The van der Waals surface area contributed by atoms with Gasteiger partial charge in [0.15, 0.2) is 0 Å². The first kappa shape index (κ1) is 15.9. The molecular formula is C12H13BrN2O5S. The molecule has 1 fully saturated rings. The number of nitrogens with zero attached hydrogens (tertiary/aromatic N) is 1. The van der Waals surface area contributed by atoms with Crippen LogP contribution < -0.4 is 5.32 Å². The third-order valence-corrected chi connectivity index (χ3v) is 5.45. The van der Waals surface area contributed by atoms with Gasteiger partial charge in [-0.1, -0.05) is 22.0 Å². The van der Waals surface area contributed by atoms with Crippen LogP contribution >= 0.6 is 15.9 Å². The number of benzene rings is 1. The molecule has 2 rings (SSSR count). The van der Waals surface area contributed by atoms with Crippen molar-refractivity contribution in [2.45, 2.75) is 17.4 Å². The van der Waals surface area contributed by atoms with E-state index in [1.807, 2.05) is 0 Å². The largest absolute Gasteiger partial charge is 0.481 e. The van der Waals surface area contributed by atoms with Gasteiger partial charge in [-0.3, -0.25) is 9.59 Å². The summed E-state index contributed by atoms with van der Waals surface area (Å²) in [5, 5.41) is 11.4. The molecule has 114 valence electrons. The maximum Gasteiger partial charge on any atom is 0.305 e.